The van der Waals surface area contributed by atoms with E-state index in [4.69, 9.17) is 8.83 Å². The molecule has 0 fully saturated rings. The van der Waals surface area contributed by atoms with Crippen LogP contribution in [-0.4, -0.2) is 23.8 Å². The fraction of sp³-hybridized carbons (Fsp3) is 0.500. The summed E-state index contributed by atoms with van der Waals surface area (Å²) in [4.78, 5) is 0. The Morgan fingerprint density at radius 1 is 1.18 bits per heavy atom. The molecule has 0 aromatic carbocycles. The Balaban J connectivity index is 1.77. The molecular weight excluding hydrogens is 218 g/mol. The van der Waals surface area contributed by atoms with Crippen molar-refractivity contribution in [2.45, 2.75) is 25.7 Å². The highest BCUT2D eigenvalue weighted by molar-refractivity contribution is 4.99. The standard InChI is InChI=1S/C12H17N3O2/c1-13-8-2-5-11-14-15-12(17-11)7-6-10-4-3-9-16-10/h3-4,9,13H,2,5-8H2,1H3. The number of rotatable bonds is 7. The number of aromatic nitrogens is 2. The van der Waals surface area contributed by atoms with Crippen LogP contribution in [0.15, 0.2) is 27.2 Å². The quantitative estimate of drug-likeness (QED) is 0.738. The van der Waals surface area contributed by atoms with Gasteiger partial charge in [-0.1, -0.05) is 0 Å². The first kappa shape index (κ1) is 11.9. The van der Waals surface area contributed by atoms with Gasteiger partial charge in [0.05, 0.1) is 6.26 Å². The number of furan rings is 1. The van der Waals surface area contributed by atoms with E-state index in [0.717, 1.165) is 43.9 Å². The van der Waals surface area contributed by atoms with Crippen molar-refractivity contribution in [3.8, 4) is 0 Å². The molecule has 0 unspecified atom stereocenters. The van der Waals surface area contributed by atoms with Crippen LogP contribution in [0.3, 0.4) is 0 Å². The molecule has 5 nitrogen and oxygen atoms in total. The van der Waals surface area contributed by atoms with E-state index in [9.17, 15) is 0 Å². The van der Waals surface area contributed by atoms with Gasteiger partial charge in [-0.05, 0) is 32.1 Å². The van der Waals surface area contributed by atoms with E-state index < -0.39 is 0 Å². The van der Waals surface area contributed by atoms with Gasteiger partial charge in [0.1, 0.15) is 5.76 Å². The summed E-state index contributed by atoms with van der Waals surface area (Å²) < 4.78 is 10.8. The molecule has 92 valence electrons. The van der Waals surface area contributed by atoms with E-state index in [-0.39, 0.29) is 0 Å². The van der Waals surface area contributed by atoms with Crippen LogP contribution in [0.5, 0.6) is 0 Å². The Hall–Kier alpha value is -1.62. The molecule has 1 N–H and O–H groups in total. The minimum absolute atomic E-state index is 0.681. The van der Waals surface area contributed by atoms with Crippen molar-refractivity contribution < 1.29 is 8.83 Å². The zero-order valence-electron chi connectivity index (χ0n) is 9.98. The van der Waals surface area contributed by atoms with E-state index in [1.165, 1.54) is 0 Å². The first-order valence-electron chi connectivity index (χ1n) is 5.86. The normalized spacial score (nSPS) is 10.9. The molecule has 2 aromatic rings. The van der Waals surface area contributed by atoms with Crippen molar-refractivity contribution in [3.63, 3.8) is 0 Å². The smallest absolute Gasteiger partial charge is 0.217 e. The second kappa shape index (κ2) is 6.20. The molecule has 0 bridgehead atoms. The Morgan fingerprint density at radius 2 is 2.00 bits per heavy atom. The molecule has 5 heteroatoms. The molecule has 0 aliphatic carbocycles. The second-order valence-corrected chi connectivity index (χ2v) is 3.88. The van der Waals surface area contributed by atoms with Gasteiger partial charge in [0.25, 0.3) is 0 Å². The van der Waals surface area contributed by atoms with Crippen molar-refractivity contribution in [1.82, 2.24) is 15.5 Å². The predicted octanol–water partition coefficient (Wildman–Crippen LogP) is 1.60. The van der Waals surface area contributed by atoms with Gasteiger partial charge >= 0.3 is 0 Å². The van der Waals surface area contributed by atoms with E-state index in [0.29, 0.717) is 5.89 Å². The molecule has 2 rings (SSSR count). The number of aryl methyl sites for hydroxylation is 3. The SMILES string of the molecule is CNCCCc1nnc(CCc2ccco2)o1. The monoisotopic (exact) mass is 235 g/mol. The number of nitrogens with zero attached hydrogens (tertiary/aromatic N) is 2. The molecule has 0 radical (unpaired) electrons. The zero-order chi connectivity index (χ0) is 11.9. The Bertz CT molecular complexity index is 423. The van der Waals surface area contributed by atoms with E-state index >= 15 is 0 Å². The summed E-state index contributed by atoms with van der Waals surface area (Å²) in [6, 6.07) is 3.83. The molecule has 0 saturated heterocycles. The fourth-order valence-corrected chi connectivity index (χ4v) is 1.59. The van der Waals surface area contributed by atoms with Crippen LogP contribution < -0.4 is 5.32 Å². The molecule has 0 amide bonds. The highest BCUT2D eigenvalue weighted by Crippen LogP contribution is 2.08. The highest BCUT2D eigenvalue weighted by Gasteiger charge is 2.06. The van der Waals surface area contributed by atoms with Gasteiger partial charge in [-0.3, -0.25) is 0 Å². The largest absolute Gasteiger partial charge is 0.469 e. The Morgan fingerprint density at radius 3 is 2.71 bits per heavy atom. The first-order valence-corrected chi connectivity index (χ1v) is 5.86. The maximum atomic E-state index is 5.54. The zero-order valence-corrected chi connectivity index (χ0v) is 9.98. The van der Waals surface area contributed by atoms with Crippen LogP contribution in [0, 0.1) is 0 Å². The minimum atomic E-state index is 0.681. The lowest BCUT2D eigenvalue weighted by molar-refractivity contribution is 0.432. The molecule has 2 heterocycles. The number of hydrogen-bond donors (Lipinski definition) is 1. The fourth-order valence-electron chi connectivity index (χ4n) is 1.59. The Kier molecular flexibility index (Phi) is 4.32. The lowest BCUT2D eigenvalue weighted by atomic mass is 10.2. The highest BCUT2D eigenvalue weighted by atomic mass is 16.4. The third-order valence-corrected chi connectivity index (χ3v) is 2.49. The third-order valence-electron chi connectivity index (χ3n) is 2.49. The van der Waals surface area contributed by atoms with Crippen LogP contribution in [0.4, 0.5) is 0 Å². The summed E-state index contributed by atoms with van der Waals surface area (Å²) in [7, 11) is 1.93. The topological polar surface area (TPSA) is 64.1 Å². The van der Waals surface area contributed by atoms with Gasteiger partial charge in [0.15, 0.2) is 0 Å². The van der Waals surface area contributed by atoms with E-state index in [2.05, 4.69) is 15.5 Å². The van der Waals surface area contributed by atoms with Gasteiger partial charge in [-0.15, -0.1) is 10.2 Å². The van der Waals surface area contributed by atoms with Crippen molar-refractivity contribution in [1.29, 1.82) is 0 Å². The molecule has 0 aliphatic rings. The molecule has 0 saturated carbocycles. The van der Waals surface area contributed by atoms with Crippen molar-refractivity contribution in [2.24, 2.45) is 0 Å². The molecule has 2 aromatic heterocycles. The molecule has 0 atom stereocenters. The summed E-state index contributed by atoms with van der Waals surface area (Å²) in [5.41, 5.74) is 0. The van der Waals surface area contributed by atoms with E-state index in [1.807, 2.05) is 19.2 Å². The van der Waals surface area contributed by atoms with Crippen LogP contribution >= 0.6 is 0 Å². The summed E-state index contributed by atoms with van der Waals surface area (Å²) in [5.74, 6) is 2.34. The van der Waals surface area contributed by atoms with Crippen LogP contribution in [-0.2, 0) is 19.3 Å². The second-order valence-electron chi connectivity index (χ2n) is 3.88. The van der Waals surface area contributed by atoms with Gasteiger partial charge < -0.3 is 14.2 Å². The molecule has 0 aliphatic heterocycles. The summed E-state index contributed by atoms with van der Waals surface area (Å²) in [5, 5.41) is 11.1. The average molecular weight is 235 g/mol. The summed E-state index contributed by atoms with van der Waals surface area (Å²) in [6.45, 7) is 0.962. The average Bonchev–Trinajstić information content (AvgIpc) is 2.98. The van der Waals surface area contributed by atoms with Gasteiger partial charge in [-0.2, -0.15) is 0 Å². The lowest BCUT2D eigenvalue weighted by Crippen LogP contribution is -2.08. The number of hydrogen-bond acceptors (Lipinski definition) is 5. The van der Waals surface area contributed by atoms with Crippen molar-refractivity contribution in [2.75, 3.05) is 13.6 Å². The minimum Gasteiger partial charge on any atom is -0.469 e. The third kappa shape index (κ3) is 3.71. The maximum absolute atomic E-state index is 5.54. The van der Waals surface area contributed by atoms with Crippen LogP contribution in [0.25, 0.3) is 0 Å². The number of nitrogens with one attached hydrogen (secondary N) is 1. The maximum Gasteiger partial charge on any atom is 0.217 e. The summed E-state index contributed by atoms with van der Waals surface area (Å²) in [6.07, 6.45) is 5.04. The molecular formula is C12H17N3O2. The van der Waals surface area contributed by atoms with Crippen molar-refractivity contribution >= 4 is 0 Å². The van der Waals surface area contributed by atoms with Gasteiger partial charge in [-0.25, -0.2) is 0 Å². The van der Waals surface area contributed by atoms with Crippen LogP contribution in [0.2, 0.25) is 0 Å². The van der Waals surface area contributed by atoms with E-state index in [1.54, 1.807) is 6.26 Å². The summed E-state index contributed by atoms with van der Waals surface area (Å²) >= 11 is 0. The van der Waals surface area contributed by atoms with Gasteiger partial charge in [0, 0.05) is 19.3 Å². The van der Waals surface area contributed by atoms with Crippen LogP contribution in [0.1, 0.15) is 24.0 Å². The van der Waals surface area contributed by atoms with Gasteiger partial charge in [0.2, 0.25) is 11.8 Å². The van der Waals surface area contributed by atoms with Crippen molar-refractivity contribution in [3.05, 3.63) is 35.9 Å². The Labute approximate surface area is 100 Å². The molecule has 17 heavy (non-hydrogen) atoms. The molecule has 0 spiro atoms. The predicted molar refractivity (Wildman–Crippen MR) is 62.7 cm³/mol. The lowest BCUT2D eigenvalue weighted by Gasteiger charge is -1.94. The first-order chi connectivity index (χ1) is 8.38.